The Labute approximate surface area is 110 Å². The van der Waals surface area contributed by atoms with Crippen molar-refractivity contribution in [1.82, 2.24) is 10.6 Å². The van der Waals surface area contributed by atoms with Gasteiger partial charge in [0.25, 0.3) is 0 Å². The fourth-order valence-corrected chi connectivity index (χ4v) is 1.28. The van der Waals surface area contributed by atoms with Gasteiger partial charge in [-0.2, -0.15) is 0 Å². The predicted molar refractivity (Wildman–Crippen MR) is 67.0 cm³/mol. The molecule has 0 radical (unpaired) electrons. The van der Waals surface area contributed by atoms with Gasteiger partial charge in [-0.25, -0.2) is 4.79 Å². The lowest BCUT2D eigenvalue weighted by Gasteiger charge is -2.16. The van der Waals surface area contributed by atoms with Gasteiger partial charge < -0.3 is 25.6 Å². The van der Waals surface area contributed by atoms with Gasteiger partial charge >= 0.3 is 12.0 Å². The molecule has 104 valence electrons. The number of benzene rings is 1. The second kappa shape index (κ2) is 7.10. The van der Waals surface area contributed by atoms with Crippen LogP contribution in [0.5, 0.6) is 11.5 Å². The maximum absolute atomic E-state index is 11.3. The molecule has 4 N–H and O–H groups in total. The third-order valence-corrected chi connectivity index (χ3v) is 2.11. The minimum atomic E-state index is -0.978. The average molecular weight is 268 g/mol. The number of hydrogen-bond donors (Lipinski definition) is 4. The van der Waals surface area contributed by atoms with Crippen LogP contribution in [0.3, 0.4) is 0 Å². The van der Waals surface area contributed by atoms with Crippen molar-refractivity contribution in [1.29, 1.82) is 0 Å². The van der Waals surface area contributed by atoms with Crippen LogP contribution in [0.4, 0.5) is 4.79 Å². The Morgan fingerprint density at radius 3 is 2.53 bits per heavy atom. The van der Waals surface area contributed by atoms with Gasteiger partial charge in [-0.05, 0) is 31.2 Å². The zero-order chi connectivity index (χ0) is 14.3. The summed E-state index contributed by atoms with van der Waals surface area (Å²) in [6.45, 7) is 1.68. The lowest BCUT2D eigenvalue weighted by atomic mass is 10.3. The highest BCUT2D eigenvalue weighted by Crippen LogP contribution is 2.16. The molecular weight excluding hydrogens is 252 g/mol. The summed E-state index contributed by atoms with van der Waals surface area (Å²) >= 11 is 0. The van der Waals surface area contributed by atoms with E-state index in [1.807, 2.05) is 0 Å². The largest absolute Gasteiger partial charge is 0.508 e. The van der Waals surface area contributed by atoms with E-state index in [9.17, 15) is 9.59 Å². The summed E-state index contributed by atoms with van der Waals surface area (Å²) in [6.07, 6.45) is -0.727. The van der Waals surface area contributed by atoms with Gasteiger partial charge in [0.05, 0.1) is 6.42 Å². The van der Waals surface area contributed by atoms with Crippen molar-refractivity contribution < 1.29 is 24.5 Å². The van der Waals surface area contributed by atoms with Crippen LogP contribution in [0, 0.1) is 0 Å². The first-order valence-electron chi connectivity index (χ1n) is 5.69. The van der Waals surface area contributed by atoms with E-state index in [0.717, 1.165) is 0 Å². The van der Waals surface area contributed by atoms with Gasteiger partial charge in [-0.1, -0.05) is 0 Å². The Morgan fingerprint density at radius 1 is 1.32 bits per heavy atom. The van der Waals surface area contributed by atoms with Crippen molar-refractivity contribution in [2.45, 2.75) is 19.6 Å². The summed E-state index contributed by atoms with van der Waals surface area (Å²) < 4.78 is 5.37. The Balaban J connectivity index is 2.30. The molecule has 0 aliphatic heterocycles. The second-order valence-corrected chi connectivity index (χ2v) is 3.80. The molecule has 1 rings (SSSR count). The molecule has 0 saturated heterocycles. The predicted octanol–water partition coefficient (Wildman–Crippen LogP) is 0.891. The number of carboxylic acid groups (broad SMARTS) is 1. The number of hydrogen-bond acceptors (Lipinski definition) is 4. The number of ether oxygens (including phenoxy) is 1. The van der Waals surface area contributed by atoms with Crippen LogP contribution < -0.4 is 15.4 Å². The van der Waals surface area contributed by atoms with Gasteiger partial charge in [-0.15, -0.1) is 0 Å². The van der Waals surface area contributed by atoms with E-state index in [4.69, 9.17) is 14.9 Å². The number of urea groups is 1. The van der Waals surface area contributed by atoms with Crippen LogP contribution in [0.15, 0.2) is 24.3 Å². The first-order valence-corrected chi connectivity index (χ1v) is 5.69. The molecular formula is C12H16N2O5. The minimum absolute atomic E-state index is 0.0487. The number of rotatable bonds is 6. The molecule has 0 spiro atoms. The van der Waals surface area contributed by atoms with Gasteiger partial charge in [-0.3, -0.25) is 4.79 Å². The number of carboxylic acids is 1. The highest BCUT2D eigenvalue weighted by atomic mass is 16.5. The topological polar surface area (TPSA) is 108 Å². The van der Waals surface area contributed by atoms with E-state index in [-0.39, 0.29) is 18.7 Å². The SMILES string of the molecule is CC(NC(=O)NCCC(=O)O)Oc1ccc(O)cc1. The first kappa shape index (κ1) is 14.6. The Morgan fingerprint density at radius 2 is 1.95 bits per heavy atom. The van der Waals surface area contributed by atoms with Gasteiger partial charge in [0.15, 0.2) is 6.23 Å². The number of amides is 2. The number of aromatic hydroxyl groups is 1. The molecule has 0 aliphatic carbocycles. The van der Waals surface area contributed by atoms with Crippen molar-refractivity contribution in [2.24, 2.45) is 0 Å². The summed E-state index contributed by atoms with van der Waals surface area (Å²) in [4.78, 5) is 21.6. The van der Waals surface area contributed by atoms with E-state index < -0.39 is 18.2 Å². The van der Waals surface area contributed by atoms with Crippen molar-refractivity contribution >= 4 is 12.0 Å². The van der Waals surface area contributed by atoms with E-state index in [1.54, 1.807) is 19.1 Å². The Hall–Kier alpha value is -2.44. The number of nitrogens with one attached hydrogen (secondary N) is 2. The number of phenolic OH excluding ortho intramolecular Hbond substituents is 1. The molecule has 0 aromatic heterocycles. The molecule has 0 fully saturated rings. The molecule has 1 atom stereocenters. The van der Waals surface area contributed by atoms with Crippen molar-refractivity contribution in [3.63, 3.8) is 0 Å². The Kier molecular flexibility index (Phi) is 5.46. The first-order chi connectivity index (χ1) is 8.97. The lowest BCUT2D eigenvalue weighted by Crippen LogP contribution is -2.43. The summed E-state index contributed by atoms with van der Waals surface area (Å²) in [5, 5.41) is 22.4. The minimum Gasteiger partial charge on any atom is -0.508 e. The van der Waals surface area contributed by atoms with Crippen molar-refractivity contribution in [2.75, 3.05) is 6.54 Å². The van der Waals surface area contributed by atoms with Crippen LogP contribution >= 0.6 is 0 Å². The van der Waals surface area contributed by atoms with Crippen LogP contribution in [0.1, 0.15) is 13.3 Å². The van der Waals surface area contributed by atoms with Gasteiger partial charge in [0.1, 0.15) is 11.5 Å². The Bertz CT molecular complexity index is 432. The quantitative estimate of drug-likeness (QED) is 0.573. The molecule has 7 nitrogen and oxygen atoms in total. The van der Waals surface area contributed by atoms with E-state index in [1.165, 1.54) is 12.1 Å². The third-order valence-electron chi connectivity index (χ3n) is 2.11. The van der Waals surface area contributed by atoms with Crippen molar-refractivity contribution in [3.8, 4) is 11.5 Å². The molecule has 0 heterocycles. The zero-order valence-electron chi connectivity index (χ0n) is 10.4. The summed E-state index contributed by atoms with van der Waals surface area (Å²) in [5.41, 5.74) is 0. The maximum atomic E-state index is 11.3. The highest BCUT2D eigenvalue weighted by Gasteiger charge is 2.08. The fourth-order valence-electron chi connectivity index (χ4n) is 1.28. The standard InChI is InChI=1S/C12H16N2O5/c1-8(14-12(18)13-7-6-11(16)17)19-10-4-2-9(15)3-5-10/h2-5,8,15H,6-7H2,1H3,(H,16,17)(H2,13,14,18). The normalized spacial score (nSPS) is 11.4. The molecule has 19 heavy (non-hydrogen) atoms. The molecule has 0 bridgehead atoms. The summed E-state index contributed by atoms with van der Waals surface area (Å²) in [6, 6.07) is 5.56. The summed E-state index contributed by atoms with van der Waals surface area (Å²) in [5.74, 6) is -0.357. The van der Waals surface area contributed by atoms with Crippen molar-refractivity contribution in [3.05, 3.63) is 24.3 Å². The molecule has 2 amide bonds. The van der Waals surface area contributed by atoms with Crippen LogP contribution in [-0.2, 0) is 4.79 Å². The number of aliphatic carboxylic acids is 1. The number of carbonyl (C=O) groups is 2. The lowest BCUT2D eigenvalue weighted by molar-refractivity contribution is -0.136. The molecule has 1 unspecified atom stereocenters. The van der Waals surface area contributed by atoms with E-state index >= 15 is 0 Å². The average Bonchev–Trinajstić information content (AvgIpc) is 2.31. The molecule has 1 aromatic carbocycles. The fraction of sp³-hybridized carbons (Fsp3) is 0.333. The smallest absolute Gasteiger partial charge is 0.317 e. The van der Waals surface area contributed by atoms with Crippen LogP contribution in [-0.4, -0.2) is 35.0 Å². The van der Waals surface area contributed by atoms with Gasteiger partial charge in [0, 0.05) is 6.54 Å². The maximum Gasteiger partial charge on any atom is 0.317 e. The summed E-state index contributed by atoms with van der Waals surface area (Å²) in [7, 11) is 0. The molecule has 7 heteroatoms. The van der Waals surface area contributed by atoms with E-state index in [0.29, 0.717) is 5.75 Å². The van der Waals surface area contributed by atoms with E-state index in [2.05, 4.69) is 10.6 Å². The van der Waals surface area contributed by atoms with Crippen LogP contribution in [0.25, 0.3) is 0 Å². The third kappa shape index (κ3) is 6.16. The molecule has 0 saturated carbocycles. The van der Waals surface area contributed by atoms with Crippen LogP contribution in [0.2, 0.25) is 0 Å². The van der Waals surface area contributed by atoms with Gasteiger partial charge in [0.2, 0.25) is 0 Å². The molecule has 1 aromatic rings. The monoisotopic (exact) mass is 268 g/mol. The molecule has 0 aliphatic rings. The number of phenols is 1. The zero-order valence-corrected chi connectivity index (χ0v) is 10.4. The highest BCUT2D eigenvalue weighted by molar-refractivity contribution is 5.75. The number of carbonyl (C=O) groups excluding carboxylic acids is 1. The second-order valence-electron chi connectivity index (χ2n) is 3.80.